The third-order valence-electron chi connectivity index (χ3n) is 4.58. The number of fused-ring (bicyclic) bond motifs is 2. The third-order valence-corrected chi connectivity index (χ3v) is 4.82. The van der Waals surface area contributed by atoms with Gasteiger partial charge >= 0.3 is 0 Å². The molecule has 2 bridgehead atoms. The average Bonchev–Trinajstić information content (AvgIpc) is 3.05. The van der Waals surface area contributed by atoms with Crippen molar-refractivity contribution in [3.63, 3.8) is 0 Å². The molecule has 2 nitrogen and oxygen atoms in total. The molecule has 1 N–H and O–H groups in total. The Balaban J connectivity index is 1.75. The average molecular weight is 298 g/mol. The molecule has 20 heavy (non-hydrogen) atoms. The molecule has 1 aromatic rings. The summed E-state index contributed by atoms with van der Waals surface area (Å²) in [5.74, 6) is 0.327. The molecular weight excluding hydrogens is 277 g/mol. The molecule has 4 atom stereocenters. The van der Waals surface area contributed by atoms with Crippen molar-refractivity contribution in [2.45, 2.75) is 50.9 Å². The quantitative estimate of drug-likeness (QED) is 0.897. The maximum Gasteiger partial charge on any atom is 0.126 e. The summed E-state index contributed by atoms with van der Waals surface area (Å²) < 4.78 is 19.9. The summed E-state index contributed by atoms with van der Waals surface area (Å²) in [7, 11) is 0. The largest absolute Gasteiger partial charge is 0.375 e. The van der Waals surface area contributed by atoms with E-state index in [1.165, 1.54) is 12.5 Å². The molecule has 0 spiro atoms. The van der Waals surface area contributed by atoms with Gasteiger partial charge in [-0.05, 0) is 56.0 Å². The number of hydrogen-bond donors (Lipinski definition) is 1. The molecule has 0 aromatic heterocycles. The van der Waals surface area contributed by atoms with Gasteiger partial charge in [-0.1, -0.05) is 18.5 Å². The Morgan fingerprint density at radius 2 is 2.30 bits per heavy atom. The van der Waals surface area contributed by atoms with Gasteiger partial charge < -0.3 is 10.1 Å². The van der Waals surface area contributed by atoms with E-state index in [0.29, 0.717) is 35.1 Å². The number of rotatable bonds is 5. The monoisotopic (exact) mass is 297 g/mol. The van der Waals surface area contributed by atoms with E-state index in [1.807, 2.05) is 0 Å². The Hall–Kier alpha value is -0.640. The van der Waals surface area contributed by atoms with Crippen LogP contribution < -0.4 is 5.32 Å². The van der Waals surface area contributed by atoms with Crippen LogP contribution >= 0.6 is 11.6 Å². The number of benzene rings is 1. The van der Waals surface area contributed by atoms with Crippen molar-refractivity contribution in [2.75, 3.05) is 6.54 Å². The van der Waals surface area contributed by atoms with Crippen molar-refractivity contribution < 1.29 is 9.13 Å². The van der Waals surface area contributed by atoms with Crippen LogP contribution in [-0.2, 0) is 11.2 Å². The van der Waals surface area contributed by atoms with Crippen molar-refractivity contribution in [1.29, 1.82) is 0 Å². The number of hydrogen-bond acceptors (Lipinski definition) is 2. The molecule has 2 fully saturated rings. The van der Waals surface area contributed by atoms with Crippen molar-refractivity contribution in [1.82, 2.24) is 5.32 Å². The van der Waals surface area contributed by atoms with Crippen LogP contribution in [0.2, 0.25) is 5.02 Å². The first-order valence-electron chi connectivity index (χ1n) is 7.50. The molecular formula is C16H21ClFNO. The molecule has 0 saturated carbocycles. The molecule has 0 radical (unpaired) electrons. The van der Waals surface area contributed by atoms with Crippen LogP contribution in [0.15, 0.2) is 18.2 Å². The van der Waals surface area contributed by atoms with E-state index in [1.54, 1.807) is 12.1 Å². The smallest absolute Gasteiger partial charge is 0.126 e. The lowest BCUT2D eigenvalue weighted by Crippen LogP contribution is -2.42. The topological polar surface area (TPSA) is 21.3 Å². The van der Waals surface area contributed by atoms with Gasteiger partial charge in [-0.3, -0.25) is 0 Å². The second kappa shape index (κ2) is 6.00. The minimum atomic E-state index is -0.165. The molecule has 2 aliphatic rings. The molecule has 0 amide bonds. The second-order valence-electron chi connectivity index (χ2n) is 5.88. The Morgan fingerprint density at radius 1 is 1.45 bits per heavy atom. The van der Waals surface area contributed by atoms with Gasteiger partial charge in [0.05, 0.1) is 12.2 Å². The molecule has 2 aliphatic heterocycles. The zero-order valence-electron chi connectivity index (χ0n) is 11.7. The Kier molecular flexibility index (Phi) is 4.29. The van der Waals surface area contributed by atoms with E-state index in [0.717, 1.165) is 19.4 Å². The fourth-order valence-corrected chi connectivity index (χ4v) is 3.87. The maximum absolute atomic E-state index is 13.9. The zero-order valence-corrected chi connectivity index (χ0v) is 12.5. The second-order valence-corrected chi connectivity index (χ2v) is 6.31. The maximum atomic E-state index is 13.9. The van der Waals surface area contributed by atoms with E-state index >= 15 is 0 Å². The first-order chi connectivity index (χ1) is 9.67. The van der Waals surface area contributed by atoms with Crippen LogP contribution in [0, 0.1) is 11.7 Å². The van der Waals surface area contributed by atoms with Crippen molar-refractivity contribution in [3.8, 4) is 0 Å². The SMILES string of the molecule is CCNC(Cc1cc(Cl)ccc1F)C1CC2CCC1O2. The molecule has 4 unspecified atom stereocenters. The summed E-state index contributed by atoms with van der Waals surface area (Å²) in [6, 6.07) is 5.07. The highest BCUT2D eigenvalue weighted by molar-refractivity contribution is 6.30. The van der Waals surface area contributed by atoms with Gasteiger partial charge in [0.15, 0.2) is 0 Å². The Bertz CT molecular complexity index is 482. The van der Waals surface area contributed by atoms with Crippen molar-refractivity contribution in [3.05, 3.63) is 34.6 Å². The van der Waals surface area contributed by atoms with Crippen LogP contribution in [0.25, 0.3) is 0 Å². The molecule has 1 aromatic carbocycles. The standard InChI is InChI=1S/C16H21ClFNO/c1-2-19-15(13-9-12-4-6-16(13)20-12)8-10-7-11(17)3-5-14(10)18/h3,5,7,12-13,15-16,19H,2,4,6,8-9H2,1H3. The normalized spacial score (nSPS) is 29.9. The number of halogens is 2. The fraction of sp³-hybridized carbons (Fsp3) is 0.625. The summed E-state index contributed by atoms with van der Waals surface area (Å²) in [4.78, 5) is 0. The van der Waals surface area contributed by atoms with Crippen molar-refractivity contribution >= 4 is 11.6 Å². The van der Waals surface area contributed by atoms with Gasteiger partial charge in [0.25, 0.3) is 0 Å². The van der Waals surface area contributed by atoms with Crippen LogP contribution in [0.5, 0.6) is 0 Å². The summed E-state index contributed by atoms with van der Waals surface area (Å²) in [5.41, 5.74) is 0.700. The molecule has 3 rings (SSSR count). The van der Waals surface area contributed by atoms with Gasteiger partial charge in [0.2, 0.25) is 0 Å². The van der Waals surface area contributed by atoms with Gasteiger partial charge in [0, 0.05) is 17.0 Å². The molecule has 4 heteroatoms. The Labute approximate surface area is 124 Å². The Morgan fingerprint density at radius 3 is 2.95 bits per heavy atom. The first kappa shape index (κ1) is 14.3. The molecule has 2 saturated heterocycles. The molecule has 2 heterocycles. The molecule has 0 aliphatic carbocycles. The highest BCUT2D eigenvalue weighted by Gasteiger charge is 2.44. The predicted molar refractivity (Wildman–Crippen MR) is 78.6 cm³/mol. The van der Waals surface area contributed by atoms with Crippen LogP contribution in [0.1, 0.15) is 31.7 Å². The van der Waals surface area contributed by atoms with E-state index in [-0.39, 0.29) is 11.9 Å². The lowest BCUT2D eigenvalue weighted by atomic mass is 9.81. The predicted octanol–water partition coefficient (Wildman–Crippen LogP) is 3.57. The minimum Gasteiger partial charge on any atom is -0.375 e. The van der Waals surface area contributed by atoms with Gasteiger partial charge in [-0.15, -0.1) is 0 Å². The fourth-order valence-electron chi connectivity index (χ4n) is 3.67. The number of ether oxygens (including phenoxy) is 1. The van der Waals surface area contributed by atoms with Gasteiger partial charge in [0.1, 0.15) is 5.82 Å². The van der Waals surface area contributed by atoms with Crippen LogP contribution in [0.3, 0.4) is 0 Å². The minimum absolute atomic E-state index is 0.165. The number of likely N-dealkylation sites (N-methyl/N-ethyl adjacent to an activating group) is 1. The van der Waals surface area contributed by atoms with Gasteiger partial charge in [-0.2, -0.15) is 0 Å². The molecule has 110 valence electrons. The lowest BCUT2D eigenvalue weighted by molar-refractivity contribution is 0.0858. The summed E-state index contributed by atoms with van der Waals surface area (Å²) in [6.45, 7) is 2.98. The van der Waals surface area contributed by atoms with E-state index in [4.69, 9.17) is 16.3 Å². The van der Waals surface area contributed by atoms with Crippen LogP contribution in [0.4, 0.5) is 4.39 Å². The summed E-state index contributed by atoms with van der Waals surface area (Å²) in [6.07, 6.45) is 4.89. The summed E-state index contributed by atoms with van der Waals surface area (Å²) in [5, 5.41) is 4.11. The first-order valence-corrected chi connectivity index (χ1v) is 7.88. The number of nitrogens with one attached hydrogen (secondary N) is 1. The highest BCUT2D eigenvalue weighted by atomic mass is 35.5. The van der Waals surface area contributed by atoms with E-state index in [2.05, 4.69) is 12.2 Å². The highest BCUT2D eigenvalue weighted by Crippen LogP contribution is 2.41. The van der Waals surface area contributed by atoms with Crippen molar-refractivity contribution in [2.24, 2.45) is 5.92 Å². The third kappa shape index (κ3) is 2.85. The van der Waals surface area contributed by atoms with Crippen LogP contribution in [-0.4, -0.2) is 24.8 Å². The van der Waals surface area contributed by atoms with Gasteiger partial charge in [-0.25, -0.2) is 4.39 Å². The van der Waals surface area contributed by atoms with E-state index < -0.39 is 0 Å². The van der Waals surface area contributed by atoms with E-state index in [9.17, 15) is 4.39 Å². The zero-order chi connectivity index (χ0) is 14.1. The lowest BCUT2D eigenvalue weighted by Gasteiger charge is -2.29. The summed E-state index contributed by atoms with van der Waals surface area (Å²) >= 11 is 5.99.